The Hall–Kier alpha value is -1.48. The van der Waals surface area contributed by atoms with Crippen molar-refractivity contribution in [2.75, 3.05) is 27.3 Å². The van der Waals surface area contributed by atoms with E-state index < -0.39 is 0 Å². The van der Waals surface area contributed by atoms with Gasteiger partial charge in [-0.05, 0) is 6.42 Å². The normalized spacial score (nSPS) is 12.7. The summed E-state index contributed by atoms with van der Waals surface area (Å²) in [7, 11) is 3.30. The van der Waals surface area contributed by atoms with Crippen molar-refractivity contribution >= 4 is 0 Å². The lowest BCUT2D eigenvalue weighted by Crippen LogP contribution is -2.21. The molecule has 1 N–H and O–H groups in total. The second-order valence-electron chi connectivity index (χ2n) is 4.14. The number of rotatable bonds is 10. The van der Waals surface area contributed by atoms with E-state index in [0.29, 0.717) is 6.54 Å². The third-order valence-corrected chi connectivity index (χ3v) is 2.84. The molecule has 0 saturated carbocycles. The minimum absolute atomic E-state index is 0.671. The Morgan fingerprint density at radius 3 is 2.21 bits per heavy atom. The number of hydrogen-bond donors (Lipinski definition) is 1. The van der Waals surface area contributed by atoms with E-state index in [1.165, 1.54) is 5.57 Å². The standard InChI is InChI=1S/C16H27NO2/c1-7-10-14(8-2)12-17-11-13(4)16(19-6)15(9-3)18-5/h7,10,17H,1,4,8-9,11-12H2,2-3,5-6H3. The van der Waals surface area contributed by atoms with E-state index in [2.05, 4.69) is 25.4 Å². The third-order valence-electron chi connectivity index (χ3n) is 2.84. The second kappa shape index (κ2) is 10.4. The molecule has 0 spiro atoms. The van der Waals surface area contributed by atoms with Gasteiger partial charge in [-0.25, -0.2) is 0 Å². The van der Waals surface area contributed by atoms with Crippen molar-refractivity contribution in [2.24, 2.45) is 0 Å². The fraction of sp³-hybridized carbons (Fsp3) is 0.500. The molecular weight excluding hydrogens is 238 g/mol. The first kappa shape index (κ1) is 17.5. The summed E-state index contributed by atoms with van der Waals surface area (Å²) >= 11 is 0. The molecular formula is C16H27NO2. The van der Waals surface area contributed by atoms with E-state index >= 15 is 0 Å². The molecule has 108 valence electrons. The van der Waals surface area contributed by atoms with Gasteiger partial charge in [-0.1, -0.05) is 44.7 Å². The number of hydrogen-bond acceptors (Lipinski definition) is 3. The Morgan fingerprint density at radius 1 is 1.11 bits per heavy atom. The van der Waals surface area contributed by atoms with Crippen LogP contribution in [0, 0.1) is 0 Å². The van der Waals surface area contributed by atoms with E-state index in [9.17, 15) is 0 Å². The van der Waals surface area contributed by atoms with Crippen LogP contribution in [0.2, 0.25) is 0 Å². The van der Waals surface area contributed by atoms with Crippen LogP contribution >= 0.6 is 0 Å². The average Bonchev–Trinajstić information content (AvgIpc) is 2.43. The SMILES string of the molecule is C=CC=C(CC)CNCC(=C)C(OC)=C(CC)OC. The lowest BCUT2D eigenvalue weighted by atomic mass is 10.1. The van der Waals surface area contributed by atoms with Crippen molar-refractivity contribution in [3.8, 4) is 0 Å². The number of ether oxygens (including phenoxy) is 2. The Bertz CT molecular complexity index is 348. The highest BCUT2D eigenvalue weighted by atomic mass is 16.5. The molecule has 0 aliphatic rings. The Morgan fingerprint density at radius 2 is 1.79 bits per heavy atom. The predicted octanol–water partition coefficient (Wildman–Crippen LogP) is 3.57. The summed E-state index contributed by atoms with van der Waals surface area (Å²) in [6.07, 6.45) is 5.65. The second-order valence-corrected chi connectivity index (χ2v) is 4.14. The molecule has 0 saturated heterocycles. The zero-order valence-electron chi connectivity index (χ0n) is 12.7. The van der Waals surface area contributed by atoms with Gasteiger partial charge < -0.3 is 14.8 Å². The average molecular weight is 265 g/mol. The monoisotopic (exact) mass is 265 g/mol. The molecule has 0 amide bonds. The molecule has 3 heteroatoms. The first-order valence-corrected chi connectivity index (χ1v) is 6.64. The van der Waals surface area contributed by atoms with Crippen LogP contribution in [0.1, 0.15) is 26.7 Å². The van der Waals surface area contributed by atoms with Gasteiger partial charge in [0, 0.05) is 25.1 Å². The Balaban J connectivity index is 4.49. The summed E-state index contributed by atoms with van der Waals surface area (Å²) in [5, 5.41) is 3.35. The van der Waals surface area contributed by atoms with Crippen molar-refractivity contribution < 1.29 is 9.47 Å². The fourth-order valence-corrected chi connectivity index (χ4v) is 1.78. The van der Waals surface area contributed by atoms with Crippen LogP contribution in [0.15, 0.2) is 48.0 Å². The van der Waals surface area contributed by atoms with Crippen molar-refractivity contribution in [3.05, 3.63) is 48.0 Å². The number of nitrogens with one attached hydrogen (secondary N) is 1. The highest BCUT2D eigenvalue weighted by molar-refractivity contribution is 5.27. The molecule has 0 aliphatic carbocycles. The lowest BCUT2D eigenvalue weighted by Gasteiger charge is -2.15. The highest BCUT2D eigenvalue weighted by Crippen LogP contribution is 2.17. The number of methoxy groups -OCH3 is 2. The van der Waals surface area contributed by atoms with Crippen LogP contribution in [0.25, 0.3) is 0 Å². The molecule has 0 aromatic carbocycles. The lowest BCUT2D eigenvalue weighted by molar-refractivity contribution is 0.219. The van der Waals surface area contributed by atoms with Crippen molar-refractivity contribution in [1.29, 1.82) is 0 Å². The van der Waals surface area contributed by atoms with Gasteiger partial charge in [0.05, 0.1) is 14.2 Å². The van der Waals surface area contributed by atoms with Crippen LogP contribution in [-0.4, -0.2) is 27.3 Å². The minimum Gasteiger partial charge on any atom is -0.497 e. The van der Waals surface area contributed by atoms with Crippen molar-refractivity contribution in [2.45, 2.75) is 26.7 Å². The molecule has 19 heavy (non-hydrogen) atoms. The van der Waals surface area contributed by atoms with Crippen LogP contribution < -0.4 is 5.32 Å². The molecule has 0 bridgehead atoms. The van der Waals surface area contributed by atoms with Crippen LogP contribution in [0.5, 0.6) is 0 Å². The Kier molecular flexibility index (Phi) is 9.63. The smallest absolute Gasteiger partial charge is 0.160 e. The number of allylic oxidation sites excluding steroid dienone is 3. The molecule has 3 nitrogen and oxygen atoms in total. The van der Waals surface area contributed by atoms with E-state index in [0.717, 1.165) is 36.5 Å². The maximum absolute atomic E-state index is 5.37. The third kappa shape index (κ3) is 6.30. The topological polar surface area (TPSA) is 30.5 Å². The van der Waals surface area contributed by atoms with Gasteiger partial charge >= 0.3 is 0 Å². The molecule has 0 unspecified atom stereocenters. The largest absolute Gasteiger partial charge is 0.497 e. The maximum atomic E-state index is 5.37. The summed E-state index contributed by atoms with van der Waals surface area (Å²) in [6, 6.07) is 0. The van der Waals surface area contributed by atoms with Crippen LogP contribution in [0.3, 0.4) is 0 Å². The van der Waals surface area contributed by atoms with Gasteiger partial charge in [0.25, 0.3) is 0 Å². The molecule has 0 aromatic heterocycles. The van der Waals surface area contributed by atoms with Crippen molar-refractivity contribution in [3.63, 3.8) is 0 Å². The fourth-order valence-electron chi connectivity index (χ4n) is 1.78. The molecule has 0 fully saturated rings. The maximum Gasteiger partial charge on any atom is 0.160 e. The zero-order valence-corrected chi connectivity index (χ0v) is 12.7. The summed E-state index contributed by atoms with van der Waals surface area (Å²) < 4.78 is 10.7. The van der Waals surface area contributed by atoms with E-state index in [1.54, 1.807) is 14.2 Å². The molecule has 0 rings (SSSR count). The molecule has 0 aromatic rings. The van der Waals surface area contributed by atoms with Gasteiger partial charge in [0.2, 0.25) is 0 Å². The first-order valence-electron chi connectivity index (χ1n) is 6.64. The van der Waals surface area contributed by atoms with Gasteiger partial charge in [-0.2, -0.15) is 0 Å². The van der Waals surface area contributed by atoms with Crippen LogP contribution in [0.4, 0.5) is 0 Å². The molecule has 0 radical (unpaired) electrons. The summed E-state index contributed by atoms with van der Waals surface area (Å²) in [5.74, 6) is 1.56. The minimum atomic E-state index is 0.671. The van der Waals surface area contributed by atoms with E-state index in [4.69, 9.17) is 9.47 Å². The van der Waals surface area contributed by atoms with E-state index in [-0.39, 0.29) is 0 Å². The van der Waals surface area contributed by atoms with Gasteiger partial charge in [-0.3, -0.25) is 0 Å². The summed E-state index contributed by atoms with van der Waals surface area (Å²) in [5.41, 5.74) is 2.21. The van der Waals surface area contributed by atoms with Crippen molar-refractivity contribution in [1.82, 2.24) is 5.32 Å². The highest BCUT2D eigenvalue weighted by Gasteiger charge is 2.10. The zero-order chi connectivity index (χ0) is 14.7. The summed E-state index contributed by atoms with van der Waals surface area (Å²) in [4.78, 5) is 0. The Labute approximate surface area is 117 Å². The summed E-state index contributed by atoms with van der Waals surface area (Å²) in [6.45, 7) is 13.4. The van der Waals surface area contributed by atoms with Gasteiger partial charge in [0.15, 0.2) is 5.76 Å². The van der Waals surface area contributed by atoms with Gasteiger partial charge in [-0.15, -0.1) is 0 Å². The first-order chi connectivity index (χ1) is 9.14. The van der Waals surface area contributed by atoms with Gasteiger partial charge in [0.1, 0.15) is 5.76 Å². The van der Waals surface area contributed by atoms with E-state index in [1.807, 2.05) is 19.1 Å². The quantitative estimate of drug-likeness (QED) is 0.484. The molecule has 0 atom stereocenters. The predicted molar refractivity (Wildman–Crippen MR) is 81.9 cm³/mol. The van der Waals surface area contributed by atoms with Crippen LogP contribution in [-0.2, 0) is 9.47 Å². The molecule has 0 heterocycles. The molecule has 0 aliphatic heterocycles.